The number of aromatic nitrogens is 3. The second-order valence-electron chi connectivity index (χ2n) is 5.45. The molecule has 0 aliphatic heterocycles. The fourth-order valence-electron chi connectivity index (χ4n) is 2.68. The van der Waals surface area contributed by atoms with Gasteiger partial charge in [-0.05, 0) is 31.2 Å². The number of furan rings is 1. The van der Waals surface area contributed by atoms with E-state index >= 15 is 0 Å². The average Bonchev–Trinajstić information content (AvgIpc) is 3.25. The Morgan fingerprint density at radius 3 is 2.84 bits per heavy atom. The first-order valence-electron chi connectivity index (χ1n) is 7.59. The van der Waals surface area contributed by atoms with E-state index in [1.165, 1.54) is 0 Å². The lowest BCUT2D eigenvalue weighted by Gasteiger charge is -2.09. The van der Waals surface area contributed by atoms with E-state index in [-0.39, 0.29) is 11.7 Å². The monoisotopic (exact) mass is 352 g/mol. The number of benzene rings is 1. The van der Waals surface area contributed by atoms with Gasteiger partial charge in [0, 0.05) is 29.5 Å². The van der Waals surface area contributed by atoms with Gasteiger partial charge in [0.05, 0.1) is 10.7 Å². The highest BCUT2D eigenvalue weighted by Gasteiger charge is 2.20. The molecule has 1 aromatic carbocycles. The lowest BCUT2D eigenvalue weighted by atomic mass is 10.1. The highest BCUT2D eigenvalue weighted by Crippen LogP contribution is 2.31. The molecule has 7 heteroatoms. The Hall–Kier alpha value is -3.12. The Bertz CT molecular complexity index is 1070. The van der Waals surface area contributed by atoms with Gasteiger partial charge in [-0.2, -0.15) is 5.10 Å². The molecule has 25 heavy (non-hydrogen) atoms. The maximum atomic E-state index is 12.7. The molecule has 0 aliphatic rings. The molecule has 0 aliphatic carbocycles. The van der Waals surface area contributed by atoms with Crippen LogP contribution in [0.4, 0.5) is 5.69 Å². The standard InChI is InChI=1S/C18H13ClN4O2/c1-11-12-5-2-6-13(19)16(12)25-15(11)18(24)22-14-7-3-8-20-17(14)23-10-4-9-21-23/h2-10H,1H3,(H,22,24). The number of anilines is 1. The zero-order valence-corrected chi connectivity index (χ0v) is 14.0. The van der Waals surface area contributed by atoms with Crippen molar-refractivity contribution < 1.29 is 9.21 Å². The van der Waals surface area contributed by atoms with Gasteiger partial charge in [-0.25, -0.2) is 9.67 Å². The lowest BCUT2D eigenvalue weighted by Crippen LogP contribution is -2.15. The predicted molar refractivity (Wildman–Crippen MR) is 95.3 cm³/mol. The van der Waals surface area contributed by atoms with Gasteiger partial charge in [-0.1, -0.05) is 23.7 Å². The van der Waals surface area contributed by atoms with Crippen molar-refractivity contribution in [3.05, 3.63) is 71.3 Å². The molecule has 0 saturated heterocycles. The number of nitrogens with one attached hydrogen (secondary N) is 1. The van der Waals surface area contributed by atoms with Gasteiger partial charge in [-0.3, -0.25) is 4.79 Å². The summed E-state index contributed by atoms with van der Waals surface area (Å²) < 4.78 is 7.29. The van der Waals surface area contributed by atoms with Crippen molar-refractivity contribution in [1.82, 2.24) is 14.8 Å². The van der Waals surface area contributed by atoms with Crippen LogP contribution < -0.4 is 5.32 Å². The molecule has 1 amide bonds. The minimum Gasteiger partial charge on any atom is -0.449 e. The van der Waals surface area contributed by atoms with E-state index in [2.05, 4.69) is 15.4 Å². The summed E-state index contributed by atoms with van der Waals surface area (Å²) in [4.78, 5) is 17.0. The number of halogens is 1. The number of carbonyl (C=O) groups excluding carboxylic acids is 1. The zero-order valence-electron chi connectivity index (χ0n) is 13.2. The third kappa shape index (κ3) is 2.66. The molecular weight excluding hydrogens is 340 g/mol. The Balaban J connectivity index is 1.73. The molecule has 0 fully saturated rings. The minimum atomic E-state index is -0.369. The largest absolute Gasteiger partial charge is 0.449 e. The van der Waals surface area contributed by atoms with Crippen LogP contribution in [0.5, 0.6) is 0 Å². The first kappa shape index (κ1) is 15.4. The van der Waals surface area contributed by atoms with Gasteiger partial charge in [-0.15, -0.1) is 0 Å². The van der Waals surface area contributed by atoms with Crippen LogP contribution in [0.15, 0.2) is 59.4 Å². The molecule has 1 N–H and O–H groups in total. The van der Waals surface area contributed by atoms with Crippen molar-refractivity contribution in [3.63, 3.8) is 0 Å². The summed E-state index contributed by atoms with van der Waals surface area (Å²) in [6.45, 7) is 1.83. The number of fused-ring (bicyclic) bond motifs is 1. The van der Waals surface area contributed by atoms with Crippen molar-refractivity contribution in [2.24, 2.45) is 0 Å². The summed E-state index contributed by atoms with van der Waals surface area (Å²) in [6, 6.07) is 10.7. The molecular formula is C18H13ClN4O2. The molecule has 124 valence electrons. The molecule has 0 unspecified atom stereocenters. The van der Waals surface area contributed by atoms with Crippen molar-refractivity contribution in [2.45, 2.75) is 6.92 Å². The maximum absolute atomic E-state index is 12.7. The molecule has 3 aromatic heterocycles. The van der Waals surface area contributed by atoms with Crippen molar-refractivity contribution in [2.75, 3.05) is 5.32 Å². The fourth-order valence-corrected chi connectivity index (χ4v) is 2.89. The average molecular weight is 353 g/mol. The van der Waals surface area contributed by atoms with E-state index < -0.39 is 0 Å². The van der Waals surface area contributed by atoms with Gasteiger partial charge in [0.15, 0.2) is 17.2 Å². The molecule has 4 rings (SSSR count). The molecule has 0 atom stereocenters. The number of hydrogen-bond donors (Lipinski definition) is 1. The number of amides is 1. The summed E-state index contributed by atoms with van der Waals surface area (Å²) in [5.74, 6) is 0.372. The zero-order chi connectivity index (χ0) is 17.4. The van der Waals surface area contributed by atoms with E-state index in [4.69, 9.17) is 16.0 Å². The van der Waals surface area contributed by atoms with Crippen molar-refractivity contribution in [1.29, 1.82) is 0 Å². The first-order valence-corrected chi connectivity index (χ1v) is 7.97. The van der Waals surface area contributed by atoms with Crippen molar-refractivity contribution >= 4 is 34.2 Å². The lowest BCUT2D eigenvalue weighted by molar-refractivity contribution is 0.0998. The predicted octanol–water partition coefficient (Wildman–Crippen LogP) is 4.23. The molecule has 3 heterocycles. The molecule has 0 saturated carbocycles. The number of aryl methyl sites for hydroxylation is 1. The van der Waals surface area contributed by atoms with Crippen LogP contribution in [0.2, 0.25) is 5.02 Å². The fraction of sp³-hybridized carbons (Fsp3) is 0.0556. The van der Waals surface area contributed by atoms with Gasteiger partial charge in [0.2, 0.25) is 0 Å². The summed E-state index contributed by atoms with van der Waals surface area (Å²) in [5, 5.41) is 8.28. The molecule has 6 nitrogen and oxygen atoms in total. The topological polar surface area (TPSA) is 73.0 Å². The second-order valence-corrected chi connectivity index (χ2v) is 5.86. The van der Waals surface area contributed by atoms with E-state index in [1.54, 1.807) is 47.5 Å². The van der Waals surface area contributed by atoms with Crippen LogP contribution in [0, 0.1) is 6.92 Å². The number of nitrogens with zero attached hydrogens (tertiary/aromatic N) is 3. The van der Waals surface area contributed by atoms with Crippen molar-refractivity contribution in [3.8, 4) is 5.82 Å². The van der Waals surface area contributed by atoms with E-state index in [1.807, 2.05) is 19.1 Å². The summed E-state index contributed by atoms with van der Waals surface area (Å²) in [6.07, 6.45) is 5.04. The molecule has 0 bridgehead atoms. The third-order valence-corrected chi connectivity index (χ3v) is 4.18. The van der Waals surface area contributed by atoms with E-state index in [9.17, 15) is 4.79 Å². The van der Waals surface area contributed by atoms with E-state index in [0.717, 1.165) is 10.9 Å². The van der Waals surface area contributed by atoms with Crippen LogP contribution in [-0.2, 0) is 0 Å². The van der Waals surface area contributed by atoms with Crippen LogP contribution in [-0.4, -0.2) is 20.7 Å². The molecule has 0 radical (unpaired) electrons. The van der Waals surface area contributed by atoms with Crippen LogP contribution >= 0.6 is 11.6 Å². The molecule has 4 aromatic rings. The third-order valence-electron chi connectivity index (χ3n) is 3.88. The highest BCUT2D eigenvalue weighted by molar-refractivity contribution is 6.35. The molecule has 0 spiro atoms. The Morgan fingerprint density at radius 2 is 2.08 bits per heavy atom. The van der Waals surface area contributed by atoms with Gasteiger partial charge in [0.25, 0.3) is 5.91 Å². The Kier molecular flexibility index (Phi) is 3.74. The highest BCUT2D eigenvalue weighted by atomic mass is 35.5. The SMILES string of the molecule is Cc1c(C(=O)Nc2cccnc2-n2cccn2)oc2c(Cl)cccc12. The summed E-state index contributed by atoms with van der Waals surface area (Å²) >= 11 is 6.15. The van der Waals surface area contributed by atoms with Crippen LogP contribution in [0.25, 0.3) is 16.8 Å². The summed E-state index contributed by atoms with van der Waals surface area (Å²) in [7, 11) is 0. The Morgan fingerprint density at radius 1 is 1.20 bits per heavy atom. The minimum absolute atomic E-state index is 0.221. The number of para-hydroxylation sites is 1. The number of carbonyl (C=O) groups is 1. The van der Waals surface area contributed by atoms with Crippen LogP contribution in [0.1, 0.15) is 16.1 Å². The smallest absolute Gasteiger partial charge is 0.291 e. The first-order chi connectivity index (χ1) is 12.1. The normalized spacial score (nSPS) is 11.0. The van der Waals surface area contributed by atoms with Gasteiger partial charge >= 0.3 is 0 Å². The number of pyridine rings is 1. The van der Waals surface area contributed by atoms with Gasteiger partial charge in [0.1, 0.15) is 0 Å². The maximum Gasteiger partial charge on any atom is 0.291 e. The van der Waals surface area contributed by atoms with E-state index in [0.29, 0.717) is 22.1 Å². The number of hydrogen-bond acceptors (Lipinski definition) is 4. The number of rotatable bonds is 3. The Labute approximate surface area is 148 Å². The quantitative estimate of drug-likeness (QED) is 0.599. The second kappa shape index (κ2) is 6.07. The van der Waals surface area contributed by atoms with Crippen LogP contribution in [0.3, 0.4) is 0 Å². The van der Waals surface area contributed by atoms with Gasteiger partial charge < -0.3 is 9.73 Å². The summed E-state index contributed by atoms with van der Waals surface area (Å²) in [5.41, 5.74) is 1.77.